The first-order valence-electron chi connectivity index (χ1n) is 6.80. The van der Waals surface area contributed by atoms with Crippen LogP contribution in [0, 0.1) is 0 Å². The van der Waals surface area contributed by atoms with E-state index < -0.39 is 0 Å². The van der Waals surface area contributed by atoms with Crippen LogP contribution in [0.3, 0.4) is 0 Å². The molecule has 2 aromatic rings. The molecule has 1 aromatic carbocycles. The zero-order valence-corrected chi connectivity index (χ0v) is 12.2. The van der Waals surface area contributed by atoms with E-state index in [0.29, 0.717) is 0 Å². The summed E-state index contributed by atoms with van der Waals surface area (Å²) in [5.41, 5.74) is 5.09. The van der Waals surface area contributed by atoms with Crippen LogP contribution >= 0.6 is 15.9 Å². The number of halogens is 1. The van der Waals surface area contributed by atoms with Gasteiger partial charge in [0.1, 0.15) is 6.23 Å². The lowest BCUT2D eigenvalue weighted by molar-refractivity contribution is -0.0394. The molecule has 2 heterocycles. The second-order valence-electron chi connectivity index (χ2n) is 5.28. The van der Waals surface area contributed by atoms with Crippen molar-refractivity contribution in [1.82, 2.24) is 9.78 Å². The Morgan fingerprint density at radius 1 is 1.26 bits per heavy atom. The lowest BCUT2D eigenvalue weighted by Gasteiger charge is -2.22. The van der Waals surface area contributed by atoms with E-state index >= 15 is 0 Å². The molecule has 19 heavy (non-hydrogen) atoms. The van der Waals surface area contributed by atoms with Gasteiger partial charge in [0.25, 0.3) is 0 Å². The van der Waals surface area contributed by atoms with E-state index in [4.69, 9.17) is 9.84 Å². The van der Waals surface area contributed by atoms with Gasteiger partial charge in [-0.3, -0.25) is 0 Å². The first kappa shape index (κ1) is 11.7. The monoisotopic (exact) mass is 318 g/mol. The van der Waals surface area contributed by atoms with Gasteiger partial charge >= 0.3 is 0 Å². The predicted molar refractivity (Wildman–Crippen MR) is 77.0 cm³/mol. The summed E-state index contributed by atoms with van der Waals surface area (Å²) in [7, 11) is 0. The van der Waals surface area contributed by atoms with E-state index in [1.165, 1.54) is 29.5 Å². The summed E-state index contributed by atoms with van der Waals surface area (Å²) in [6.07, 6.45) is 6.77. The van der Waals surface area contributed by atoms with Crippen molar-refractivity contribution in [3.8, 4) is 11.3 Å². The van der Waals surface area contributed by atoms with Gasteiger partial charge in [-0.05, 0) is 37.0 Å². The molecule has 0 amide bonds. The molecule has 0 saturated carbocycles. The van der Waals surface area contributed by atoms with Gasteiger partial charge in [0.15, 0.2) is 0 Å². The summed E-state index contributed by atoms with van der Waals surface area (Å²) in [4.78, 5) is 0. The SMILES string of the molecule is Brc1ccc2c(c1)-c1nn(C3CCCCO3)cc1C2. The second kappa shape index (κ2) is 4.46. The molecule has 1 atom stereocenters. The standard InChI is InChI=1S/C15H15BrN2O/c16-12-5-4-10-7-11-9-18(14-3-1-2-6-19-14)17-15(11)13(10)8-12/h4-5,8-9,14H,1-3,6-7H2. The molecular formula is C15H15BrN2O. The van der Waals surface area contributed by atoms with Crippen molar-refractivity contribution in [2.45, 2.75) is 31.9 Å². The van der Waals surface area contributed by atoms with Crippen molar-refractivity contribution in [3.63, 3.8) is 0 Å². The minimum atomic E-state index is 0.134. The Hall–Kier alpha value is -1.13. The highest BCUT2D eigenvalue weighted by molar-refractivity contribution is 9.10. The van der Waals surface area contributed by atoms with Crippen molar-refractivity contribution in [1.29, 1.82) is 0 Å². The van der Waals surface area contributed by atoms with Crippen LogP contribution in [-0.4, -0.2) is 16.4 Å². The summed E-state index contributed by atoms with van der Waals surface area (Å²) in [5.74, 6) is 0. The number of hydrogen-bond donors (Lipinski definition) is 0. The van der Waals surface area contributed by atoms with Gasteiger partial charge < -0.3 is 4.74 Å². The molecule has 3 nitrogen and oxygen atoms in total. The minimum absolute atomic E-state index is 0.134. The third kappa shape index (κ3) is 1.94. The quantitative estimate of drug-likeness (QED) is 0.680. The molecule has 4 heteroatoms. The van der Waals surface area contributed by atoms with Gasteiger partial charge in [0.05, 0.1) is 5.69 Å². The maximum atomic E-state index is 5.80. The maximum Gasteiger partial charge on any atom is 0.150 e. The number of ether oxygens (including phenoxy) is 1. The average molecular weight is 319 g/mol. The summed E-state index contributed by atoms with van der Waals surface area (Å²) in [5, 5.41) is 4.77. The van der Waals surface area contributed by atoms with Gasteiger partial charge in [-0.2, -0.15) is 5.10 Å². The summed E-state index contributed by atoms with van der Waals surface area (Å²) in [6, 6.07) is 6.45. The minimum Gasteiger partial charge on any atom is -0.357 e. The maximum absolute atomic E-state index is 5.80. The van der Waals surface area contributed by atoms with E-state index in [9.17, 15) is 0 Å². The van der Waals surface area contributed by atoms with Gasteiger partial charge in [-0.25, -0.2) is 4.68 Å². The number of benzene rings is 1. The molecule has 1 aliphatic carbocycles. The Kier molecular flexibility index (Phi) is 2.74. The van der Waals surface area contributed by atoms with Crippen molar-refractivity contribution < 1.29 is 4.74 Å². The van der Waals surface area contributed by atoms with E-state index in [1.807, 2.05) is 4.68 Å². The molecule has 0 N–H and O–H groups in total. The van der Waals surface area contributed by atoms with Crippen LogP contribution in [-0.2, 0) is 11.2 Å². The molecule has 4 rings (SSSR count). The Balaban J connectivity index is 1.72. The van der Waals surface area contributed by atoms with E-state index in [1.54, 1.807) is 0 Å². The van der Waals surface area contributed by atoms with E-state index in [-0.39, 0.29) is 6.23 Å². The van der Waals surface area contributed by atoms with Crippen molar-refractivity contribution in [3.05, 3.63) is 40.0 Å². The van der Waals surface area contributed by atoms with Crippen LogP contribution in [0.2, 0.25) is 0 Å². The number of rotatable bonds is 1. The summed E-state index contributed by atoms with van der Waals surface area (Å²) in [6.45, 7) is 0.858. The molecule has 1 unspecified atom stereocenters. The third-order valence-electron chi connectivity index (χ3n) is 3.97. The zero-order valence-electron chi connectivity index (χ0n) is 10.6. The molecule has 98 valence electrons. The highest BCUT2D eigenvalue weighted by atomic mass is 79.9. The fourth-order valence-corrected chi connectivity index (χ4v) is 3.36. The van der Waals surface area contributed by atoms with Gasteiger partial charge in [-0.15, -0.1) is 0 Å². The highest BCUT2D eigenvalue weighted by Gasteiger charge is 2.25. The van der Waals surface area contributed by atoms with Gasteiger partial charge in [0.2, 0.25) is 0 Å². The number of nitrogens with zero attached hydrogens (tertiary/aromatic N) is 2. The van der Waals surface area contributed by atoms with Crippen LogP contribution in [0.25, 0.3) is 11.3 Å². The largest absolute Gasteiger partial charge is 0.357 e. The lowest BCUT2D eigenvalue weighted by Crippen LogP contribution is -2.18. The highest BCUT2D eigenvalue weighted by Crippen LogP contribution is 2.38. The summed E-state index contributed by atoms with van der Waals surface area (Å²) < 4.78 is 8.94. The van der Waals surface area contributed by atoms with Crippen LogP contribution in [0.15, 0.2) is 28.9 Å². The van der Waals surface area contributed by atoms with Crippen LogP contribution in [0.5, 0.6) is 0 Å². The van der Waals surface area contributed by atoms with Crippen LogP contribution in [0.4, 0.5) is 0 Å². The fourth-order valence-electron chi connectivity index (χ4n) is 2.99. The second-order valence-corrected chi connectivity index (χ2v) is 6.20. The Morgan fingerprint density at radius 3 is 3.05 bits per heavy atom. The molecule has 0 radical (unpaired) electrons. The van der Waals surface area contributed by atoms with E-state index in [2.05, 4.69) is 40.3 Å². The molecule has 1 saturated heterocycles. The van der Waals surface area contributed by atoms with Crippen LogP contribution < -0.4 is 0 Å². The van der Waals surface area contributed by atoms with Crippen molar-refractivity contribution >= 4 is 15.9 Å². The molecule has 0 spiro atoms. The van der Waals surface area contributed by atoms with Crippen molar-refractivity contribution in [2.75, 3.05) is 6.61 Å². The van der Waals surface area contributed by atoms with Crippen LogP contribution in [0.1, 0.15) is 36.6 Å². The molecule has 0 bridgehead atoms. The zero-order chi connectivity index (χ0) is 12.8. The smallest absolute Gasteiger partial charge is 0.150 e. The molecular weight excluding hydrogens is 304 g/mol. The Labute approximate surface area is 120 Å². The molecule has 1 fully saturated rings. The number of hydrogen-bond acceptors (Lipinski definition) is 2. The first-order chi connectivity index (χ1) is 9.31. The fraction of sp³-hybridized carbons (Fsp3) is 0.400. The predicted octanol–water partition coefficient (Wildman–Crippen LogP) is 3.92. The first-order valence-corrected chi connectivity index (χ1v) is 7.59. The Bertz CT molecular complexity index is 629. The topological polar surface area (TPSA) is 27.1 Å². The Morgan fingerprint density at radius 2 is 2.21 bits per heavy atom. The van der Waals surface area contributed by atoms with E-state index in [0.717, 1.165) is 29.6 Å². The molecule has 2 aliphatic rings. The number of fused-ring (bicyclic) bond motifs is 3. The summed E-state index contributed by atoms with van der Waals surface area (Å²) >= 11 is 3.54. The number of aromatic nitrogens is 2. The molecule has 1 aromatic heterocycles. The van der Waals surface area contributed by atoms with Gasteiger partial charge in [-0.1, -0.05) is 22.0 Å². The van der Waals surface area contributed by atoms with Crippen molar-refractivity contribution in [2.24, 2.45) is 0 Å². The average Bonchev–Trinajstić information content (AvgIpc) is 2.98. The van der Waals surface area contributed by atoms with Gasteiger partial charge in [0, 0.05) is 34.8 Å². The molecule has 1 aliphatic heterocycles. The lowest BCUT2D eigenvalue weighted by atomic mass is 10.1. The third-order valence-corrected chi connectivity index (χ3v) is 4.46. The normalized spacial score (nSPS) is 21.2.